The van der Waals surface area contributed by atoms with Crippen LogP contribution in [0.1, 0.15) is 12.5 Å². The van der Waals surface area contributed by atoms with Crippen molar-refractivity contribution in [3.63, 3.8) is 0 Å². The van der Waals surface area contributed by atoms with E-state index < -0.39 is 71.0 Å². The largest absolute Gasteiger partial charge is 0.394 e. The molecule has 0 aliphatic rings. The molecular formula is C16H31N2O11P3. The lowest BCUT2D eigenvalue weighted by Gasteiger charge is -2.27. The quantitative estimate of drug-likeness (QED) is 0.266. The Morgan fingerprint density at radius 2 is 1.78 bits per heavy atom. The van der Waals surface area contributed by atoms with Crippen LogP contribution >= 0.6 is 22.3 Å². The third-order valence-corrected chi connectivity index (χ3v) is 11.3. The number of H-pyrrole nitrogens is 1. The number of hydrogen-bond donors (Lipinski definition) is 4. The number of hydrogen-bond acceptors (Lipinski definition) is 10. The molecule has 1 heterocycles. The van der Waals surface area contributed by atoms with Gasteiger partial charge in [0.25, 0.3) is 5.56 Å². The van der Waals surface area contributed by atoms with Gasteiger partial charge in [-0.1, -0.05) is 0 Å². The molecule has 4 unspecified atom stereocenters. The third-order valence-electron chi connectivity index (χ3n) is 3.98. The Morgan fingerprint density at radius 3 is 2.31 bits per heavy atom. The van der Waals surface area contributed by atoms with Gasteiger partial charge in [0.1, 0.15) is 18.1 Å². The first-order valence-corrected chi connectivity index (χ1v) is 16.0. The molecule has 0 aliphatic carbocycles. The van der Waals surface area contributed by atoms with E-state index in [4.69, 9.17) is 13.6 Å². The molecule has 1 aromatic rings. The van der Waals surface area contributed by atoms with Crippen LogP contribution < -0.4 is 11.2 Å². The van der Waals surface area contributed by atoms with Crippen LogP contribution in [0.15, 0.2) is 15.8 Å². The van der Waals surface area contributed by atoms with Crippen molar-refractivity contribution >= 4 is 22.3 Å². The van der Waals surface area contributed by atoms with Gasteiger partial charge in [0, 0.05) is 31.8 Å². The van der Waals surface area contributed by atoms with Gasteiger partial charge in [0.15, 0.2) is 0 Å². The Balaban J connectivity index is 2.85. The van der Waals surface area contributed by atoms with Crippen molar-refractivity contribution in [3.05, 3.63) is 32.6 Å². The molecule has 13 nitrogen and oxygen atoms in total. The summed E-state index contributed by atoms with van der Waals surface area (Å²) in [6.45, 7) is 4.87. The van der Waals surface area contributed by atoms with Crippen LogP contribution in [0.4, 0.5) is 0 Å². The second kappa shape index (κ2) is 11.5. The van der Waals surface area contributed by atoms with Crippen molar-refractivity contribution < 1.29 is 42.4 Å². The fourth-order valence-corrected chi connectivity index (χ4v) is 10.4. The van der Waals surface area contributed by atoms with Crippen LogP contribution in [-0.4, -0.2) is 82.1 Å². The van der Waals surface area contributed by atoms with E-state index in [1.54, 1.807) is 6.92 Å². The highest BCUT2D eigenvalue weighted by molar-refractivity contribution is 7.78. The summed E-state index contributed by atoms with van der Waals surface area (Å²) in [7, 11) is -11.4. The number of nitrogens with one attached hydrogen (secondary N) is 1. The van der Waals surface area contributed by atoms with Gasteiger partial charge in [-0.25, -0.2) is 4.79 Å². The van der Waals surface area contributed by atoms with Gasteiger partial charge in [-0.2, -0.15) is 0 Å². The molecule has 1 aromatic heterocycles. The van der Waals surface area contributed by atoms with E-state index in [1.807, 2.05) is 0 Å². The predicted molar refractivity (Wildman–Crippen MR) is 118 cm³/mol. The van der Waals surface area contributed by atoms with Gasteiger partial charge in [0.2, 0.25) is 14.7 Å². The zero-order valence-corrected chi connectivity index (χ0v) is 21.2. The summed E-state index contributed by atoms with van der Waals surface area (Å²) >= 11 is 0. The van der Waals surface area contributed by atoms with E-state index in [9.17, 15) is 38.4 Å². The van der Waals surface area contributed by atoms with Gasteiger partial charge in [-0.3, -0.25) is 32.4 Å². The summed E-state index contributed by atoms with van der Waals surface area (Å²) in [6, 6.07) is 0. The number of nitrogens with zero attached hydrogens (tertiary/aromatic N) is 1. The van der Waals surface area contributed by atoms with Crippen LogP contribution in [0.3, 0.4) is 0 Å². The zero-order valence-electron chi connectivity index (χ0n) is 18.5. The van der Waals surface area contributed by atoms with E-state index in [0.29, 0.717) is 5.56 Å². The van der Waals surface area contributed by atoms with Crippen molar-refractivity contribution in [3.8, 4) is 0 Å². The summed E-state index contributed by atoms with van der Waals surface area (Å²) in [6.07, 6.45) is -2.04. The van der Waals surface area contributed by atoms with E-state index in [0.717, 1.165) is 20.0 Å². The SMILES string of the molecule is Cc1cn(C[C@@H](C)O[C@H](COP(C)(=O)OP(C)(=O)CP(C)(=O)O)C(O)CO)c(=O)[nH]c1=O. The van der Waals surface area contributed by atoms with Gasteiger partial charge in [-0.15, -0.1) is 0 Å². The summed E-state index contributed by atoms with van der Waals surface area (Å²) in [5.41, 5.74) is -0.872. The second-order valence-electron chi connectivity index (χ2n) is 7.81. The number of aryl methyl sites for hydroxylation is 1. The molecule has 4 N–H and O–H groups in total. The highest BCUT2D eigenvalue weighted by Crippen LogP contribution is 2.65. The molecule has 0 amide bonds. The molecule has 0 saturated carbocycles. The number of aliphatic hydroxyl groups is 2. The Bertz CT molecular complexity index is 1030. The lowest BCUT2D eigenvalue weighted by atomic mass is 10.2. The Hall–Kier alpha value is -0.870. The average molecular weight is 520 g/mol. The summed E-state index contributed by atoms with van der Waals surface area (Å²) in [4.78, 5) is 34.9. The number of aromatic nitrogens is 2. The fraction of sp³-hybridized carbons (Fsp3) is 0.750. The average Bonchev–Trinajstić information content (AvgIpc) is 2.59. The maximum atomic E-state index is 12.6. The molecule has 32 heavy (non-hydrogen) atoms. The predicted octanol–water partition coefficient (Wildman–Crippen LogP) is 0.594. The van der Waals surface area contributed by atoms with E-state index in [-0.39, 0.29) is 6.54 Å². The van der Waals surface area contributed by atoms with Gasteiger partial charge in [-0.05, 0) is 13.8 Å². The minimum atomic E-state index is -4.00. The molecule has 0 radical (unpaired) electrons. The Labute approximate surface area is 185 Å². The molecule has 186 valence electrons. The fourth-order valence-electron chi connectivity index (χ4n) is 2.78. The molecule has 6 atom stereocenters. The Kier molecular flexibility index (Phi) is 10.5. The van der Waals surface area contributed by atoms with Crippen LogP contribution in [0.5, 0.6) is 0 Å². The molecule has 1 rings (SSSR count). The Morgan fingerprint density at radius 1 is 1.19 bits per heavy atom. The maximum Gasteiger partial charge on any atom is 0.333 e. The topological polar surface area (TPSA) is 194 Å². The molecule has 0 spiro atoms. The number of aromatic amines is 1. The highest BCUT2D eigenvalue weighted by Gasteiger charge is 2.34. The minimum absolute atomic E-state index is 0.0160. The standard InChI is InChI=1S/C16H31N2O11P3/c1-11-6-18(16(22)17-15(11)21)7-12(2)28-14(13(20)8-19)9-27-32(5,26)29-31(4,25)10-30(3,23)24/h6,12-14,19-20H,7-10H2,1-5H3,(H,23,24)(H,17,21,22)/t12-,13?,14-,31?,32?/m1/s1. The van der Waals surface area contributed by atoms with Crippen molar-refractivity contribution in [2.75, 3.05) is 39.1 Å². The van der Waals surface area contributed by atoms with Crippen molar-refractivity contribution in [1.82, 2.24) is 9.55 Å². The summed E-state index contributed by atoms with van der Waals surface area (Å²) < 4.78 is 53.4. The maximum absolute atomic E-state index is 12.6. The van der Waals surface area contributed by atoms with Crippen molar-refractivity contribution in [2.24, 2.45) is 0 Å². The lowest BCUT2D eigenvalue weighted by Crippen LogP contribution is -2.40. The molecular weight excluding hydrogens is 489 g/mol. The van der Waals surface area contributed by atoms with E-state index in [1.165, 1.54) is 17.7 Å². The first-order valence-electron chi connectivity index (χ1n) is 9.48. The molecule has 0 bridgehead atoms. The van der Waals surface area contributed by atoms with Crippen molar-refractivity contribution in [1.29, 1.82) is 0 Å². The van der Waals surface area contributed by atoms with E-state index >= 15 is 0 Å². The first-order chi connectivity index (χ1) is 14.4. The monoisotopic (exact) mass is 520 g/mol. The molecule has 0 fully saturated rings. The number of rotatable bonds is 13. The summed E-state index contributed by atoms with van der Waals surface area (Å²) in [5, 5.41) is 19.3. The van der Waals surface area contributed by atoms with Gasteiger partial charge in [0.05, 0.1) is 25.9 Å². The van der Waals surface area contributed by atoms with Gasteiger partial charge < -0.3 is 24.4 Å². The third kappa shape index (κ3) is 10.4. The van der Waals surface area contributed by atoms with E-state index in [2.05, 4.69) is 4.98 Å². The number of ether oxygens (including phenoxy) is 1. The number of aliphatic hydroxyl groups excluding tert-OH is 2. The minimum Gasteiger partial charge on any atom is -0.394 e. The van der Waals surface area contributed by atoms with Crippen LogP contribution in [0.25, 0.3) is 0 Å². The van der Waals surface area contributed by atoms with Crippen LogP contribution in [0.2, 0.25) is 0 Å². The molecule has 0 aliphatic heterocycles. The van der Waals surface area contributed by atoms with Gasteiger partial charge >= 0.3 is 13.3 Å². The highest BCUT2D eigenvalue weighted by atomic mass is 31.3. The first kappa shape index (κ1) is 29.2. The smallest absolute Gasteiger partial charge is 0.333 e. The molecule has 16 heteroatoms. The molecule has 0 saturated heterocycles. The summed E-state index contributed by atoms with van der Waals surface area (Å²) in [5.74, 6) is -0.690. The molecule has 0 aromatic carbocycles. The zero-order chi connectivity index (χ0) is 24.9. The van der Waals surface area contributed by atoms with Crippen molar-refractivity contribution in [2.45, 2.75) is 38.7 Å². The lowest BCUT2D eigenvalue weighted by molar-refractivity contribution is -0.105. The van der Waals surface area contributed by atoms with Crippen LogP contribution in [0, 0.1) is 6.92 Å². The normalized spacial score (nSPS) is 20.5. The van der Waals surface area contributed by atoms with Crippen LogP contribution in [-0.2, 0) is 33.8 Å². The second-order valence-corrected chi connectivity index (χ2v) is 15.5.